The first-order valence-corrected chi connectivity index (χ1v) is 22.7. The van der Waals surface area contributed by atoms with Crippen molar-refractivity contribution in [2.45, 2.75) is 102 Å². The number of nitrogens with zero attached hydrogens (tertiary/aromatic N) is 6. The number of aromatic nitrogens is 3. The summed E-state index contributed by atoms with van der Waals surface area (Å²) in [7, 11) is 0. The molecule has 4 saturated heterocycles. The summed E-state index contributed by atoms with van der Waals surface area (Å²) in [6, 6.07) is 5.15. The van der Waals surface area contributed by atoms with Crippen LogP contribution in [0.4, 0.5) is 19.0 Å². The molecular formula is C48H57F3N8O6. The van der Waals surface area contributed by atoms with E-state index in [1.807, 2.05) is 20.8 Å². The third-order valence-corrected chi connectivity index (χ3v) is 13.8. The fourth-order valence-electron chi connectivity index (χ4n) is 10.0. The van der Waals surface area contributed by atoms with E-state index in [2.05, 4.69) is 36.3 Å². The number of hydrogen-bond acceptors (Lipinski definition) is 12. The number of benzene rings is 2. The number of likely N-dealkylation sites (tertiary alicyclic amines) is 2. The molecule has 6 heterocycles. The molecule has 2 aromatic heterocycles. The molecule has 346 valence electrons. The lowest BCUT2D eigenvalue weighted by atomic mass is 9.85. The highest BCUT2D eigenvalue weighted by Crippen LogP contribution is 2.47. The van der Waals surface area contributed by atoms with Gasteiger partial charge in [0.2, 0.25) is 11.8 Å². The molecule has 0 radical (unpaired) electrons. The Kier molecular flexibility index (Phi) is 12.3. The summed E-state index contributed by atoms with van der Waals surface area (Å²) in [6.45, 7) is 9.16. The molecule has 2 aromatic carbocycles. The van der Waals surface area contributed by atoms with Crippen molar-refractivity contribution in [1.29, 1.82) is 0 Å². The molecule has 4 aromatic rings. The van der Waals surface area contributed by atoms with Gasteiger partial charge in [0.05, 0.1) is 36.4 Å². The van der Waals surface area contributed by atoms with E-state index in [-0.39, 0.29) is 102 Å². The van der Waals surface area contributed by atoms with Gasteiger partial charge in [-0.3, -0.25) is 19.5 Å². The van der Waals surface area contributed by atoms with E-state index < -0.39 is 41.5 Å². The number of aliphatic hydroxyl groups is 1. The lowest BCUT2D eigenvalue weighted by molar-refractivity contribution is -0.139. The lowest BCUT2D eigenvalue weighted by Gasteiger charge is -2.36. The van der Waals surface area contributed by atoms with Crippen molar-refractivity contribution in [2.24, 2.45) is 10.8 Å². The molecule has 5 aliphatic rings. The van der Waals surface area contributed by atoms with Crippen LogP contribution in [-0.4, -0.2) is 142 Å². The maximum absolute atomic E-state index is 17.1. The van der Waals surface area contributed by atoms with Gasteiger partial charge in [-0.05, 0) is 67.5 Å². The topological polar surface area (TPSA) is 166 Å². The minimum atomic E-state index is -1.28. The monoisotopic (exact) mass is 898 g/mol. The summed E-state index contributed by atoms with van der Waals surface area (Å²) in [5, 5.41) is 28.1. The molecule has 65 heavy (non-hydrogen) atoms. The van der Waals surface area contributed by atoms with E-state index in [0.29, 0.717) is 62.2 Å². The van der Waals surface area contributed by atoms with Crippen LogP contribution < -0.4 is 20.3 Å². The maximum atomic E-state index is 17.1. The molecule has 4 aliphatic heterocycles. The standard InChI is InChI=1S/C48H57F3N8O6/c1-5-32-35(49)9-6-27-18-31(61)19-33(39(27)32)41-40(51)42-34(20-52-41)44(59-21-28-7-8-29(22-59)53-28)56-46(55-42)65-26-48(13-14-48)25-57-15-11-37(36(50)24-57)64-17-12-38(62)54-43(47(2,3)4)45(63)58-16-10-30(60)23-58/h1,6,9,18-20,28-30,36-37,43,53,60-61H,7-8,10-17,21-26H2,2-4H3,(H,54,62)/t28-,29?,30?,36?,37?,43?/m0/s1. The number of alkyl halides is 1. The quantitative estimate of drug-likeness (QED) is 0.135. The number of aliphatic hydroxyl groups excluding tert-OH is 1. The average Bonchev–Trinajstić information content (AvgIpc) is 3.75. The number of halogens is 3. The van der Waals surface area contributed by atoms with Crippen molar-refractivity contribution in [3.05, 3.63) is 47.7 Å². The molecule has 14 nitrogen and oxygen atoms in total. The van der Waals surface area contributed by atoms with Crippen LogP contribution in [0, 0.1) is 34.8 Å². The van der Waals surface area contributed by atoms with Crippen molar-refractivity contribution >= 4 is 39.3 Å². The number of ether oxygens (including phenoxy) is 2. The molecule has 2 bridgehead atoms. The van der Waals surface area contributed by atoms with Crippen LogP contribution in [0.1, 0.15) is 71.3 Å². The van der Waals surface area contributed by atoms with Gasteiger partial charge in [0.25, 0.3) is 0 Å². The Balaban J connectivity index is 0.865. The minimum Gasteiger partial charge on any atom is -0.508 e. The van der Waals surface area contributed by atoms with E-state index in [4.69, 9.17) is 20.9 Å². The number of anilines is 1. The maximum Gasteiger partial charge on any atom is 0.319 e. The van der Waals surface area contributed by atoms with Crippen LogP contribution in [0.3, 0.4) is 0 Å². The predicted molar refractivity (Wildman–Crippen MR) is 238 cm³/mol. The fourth-order valence-corrected chi connectivity index (χ4v) is 10.0. The number of carbonyl (C=O) groups excluding carboxylic acids is 2. The number of fused-ring (bicyclic) bond motifs is 4. The first kappa shape index (κ1) is 44.9. The van der Waals surface area contributed by atoms with Crippen molar-refractivity contribution in [3.8, 4) is 35.4 Å². The Bertz CT molecular complexity index is 2520. The molecule has 5 fully saturated rings. The van der Waals surface area contributed by atoms with Gasteiger partial charge in [-0.2, -0.15) is 9.97 Å². The molecule has 17 heteroatoms. The van der Waals surface area contributed by atoms with Gasteiger partial charge in [-0.25, -0.2) is 13.2 Å². The summed E-state index contributed by atoms with van der Waals surface area (Å²) in [4.78, 5) is 46.0. The number of pyridine rings is 1. The zero-order chi connectivity index (χ0) is 45.8. The van der Waals surface area contributed by atoms with Crippen LogP contribution in [0.15, 0.2) is 30.5 Å². The Morgan fingerprint density at radius 3 is 2.51 bits per heavy atom. The van der Waals surface area contributed by atoms with Gasteiger partial charge >= 0.3 is 6.01 Å². The smallest absolute Gasteiger partial charge is 0.319 e. The van der Waals surface area contributed by atoms with Crippen LogP contribution in [0.25, 0.3) is 32.9 Å². The second-order valence-corrected chi connectivity index (χ2v) is 19.8. The number of β-amino-alcohol motifs (C(OH)–C–C–N with tert-alkyl or cyclic N) is 1. The second kappa shape index (κ2) is 17.8. The normalized spacial score (nSPS) is 24.6. The van der Waals surface area contributed by atoms with Gasteiger partial charge < -0.3 is 40.1 Å². The number of aromatic hydroxyl groups is 1. The SMILES string of the molecule is C#Cc1c(F)ccc2cc(O)cc(-c3ncc4c(N5CC6CC[C@@H](C5)N6)nc(OCC5(CN6CCC(OCCC(=O)NC(C(=O)N7CCC(O)C7)C(C)(C)C)C(F)C6)CC5)nc4c3F)c12. The summed E-state index contributed by atoms with van der Waals surface area (Å²) in [5.74, 6) is 0.666. The van der Waals surface area contributed by atoms with Crippen LogP contribution in [0.5, 0.6) is 11.8 Å². The number of rotatable bonds is 13. The second-order valence-electron chi connectivity index (χ2n) is 19.8. The molecule has 5 unspecified atom stereocenters. The zero-order valence-corrected chi connectivity index (χ0v) is 37.1. The number of phenolic OH excluding ortho intramolecular Hbond substituents is 1. The van der Waals surface area contributed by atoms with Crippen LogP contribution in [0.2, 0.25) is 0 Å². The number of terminal acetylenes is 1. The molecular weight excluding hydrogens is 842 g/mol. The minimum absolute atomic E-state index is 0.00984. The molecule has 4 N–H and O–H groups in total. The van der Waals surface area contributed by atoms with Gasteiger partial charge in [-0.15, -0.1) is 6.42 Å². The molecule has 9 rings (SSSR count). The van der Waals surface area contributed by atoms with Gasteiger partial charge in [0, 0.05) is 86.9 Å². The number of phenols is 1. The highest BCUT2D eigenvalue weighted by molar-refractivity contribution is 6.03. The van der Waals surface area contributed by atoms with Crippen molar-refractivity contribution in [1.82, 2.24) is 35.4 Å². The van der Waals surface area contributed by atoms with E-state index in [0.717, 1.165) is 25.7 Å². The van der Waals surface area contributed by atoms with E-state index >= 15 is 8.78 Å². The van der Waals surface area contributed by atoms with E-state index in [1.165, 1.54) is 30.5 Å². The van der Waals surface area contributed by atoms with Crippen molar-refractivity contribution < 1.29 is 42.4 Å². The highest BCUT2D eigenvalue weighted by Gasteiger charge is 2.47. The molecule has 2 amide bonds. The first-order chi connectivity index (χ1) is 31.1. The van der Waals surface area contributed by atoms with Gasteiger partial charge in [-0.1, -0.05) is 32.8 Å². The molecule has 0 spiro atoms. The lowest BCUT2D eigenvalue weighted by Crippen LogP contribution is -2.54. The van der Waals surface area contributed by atoms with Gasteiger partial charge in [0.1, 0.15) is 40.8 Å². The zero-order valence-electron chi connectivity index (χ0n) is 37.1. The third-order valence-electron chi connectivity index (χ3n) is 13.8. The van der Waals surface area contributed by atoms with Crippen LogP contribution >= 0.6 is 0 Å². The largest absolute Gasteiger partial charge is 0.508 e. The van der Waals surface area contributed by atoms with E-state index in [9.17, 15) is 24.2 Å². The number of hydrogen-bond donors (Lipinski definition) is 4. The first-order valence-electron chi connectivity index (χ1n) is 22.7. The highest BCUT2D eigenvalue weighted by atomic mass is 19.1. The summed E-state index contributed by atoms with van der Waals surface area (Å²) in [6.07, 6.45) is 9.35. The number of amides is 2. The Morgan fingerprint density at radius 1 is 1.06 bits per heavy atom. The molecule has 6 atom stereocenters. The number of carbonyl (C=O) groups is 2. The fraction of sp³-hybridized carbons (Fsp3) is 0.562. The molecule has 1 saturated carbocycles. The number of piperidine rings is 1. The Hall–Kier alpha value is -5.28. The number of nitrogens with one attached hydrogen (secondary N) is 2. The summed E-state index contributed by atoms with van der Waals surface area (Å²) in [5.41, 5.74) is -0.993. The average molecular weight is 899 g/mol. The van der Waals surface area contributed by atoms with Crippen LogP contribution in [-0.2, 0) is 14.3 Å². The summed E-state index contributed by atoms with van der Waals surface area (Å²) >= 11 is 0. The molecule has 1 aliphatic carbocycles. The van der Waals surface area contributed by atoms with E-state index in [1.54, 1.807) is 4.90 Å². The third kappa shape index (κ3) is 9.41. The summed E-state index contributed by atoms with van der Waals surface area (Å²) < 4.78 is 60.0. The van der Waals surface area contributed by atoms with Gasteiger partial charge in [0.15, 0.2) is 5.82 Å². The van der Waals surface area contributed by atoms with Crippen molar-refractivity contribution in [3.63, 3.8) is 0 Å². The predicted octanol–water partition coefficient (Wildman–Crippen LogP) is 4.85. The Labute approximate surface area is 376 Å². The number of piperazine rings is 1. The Morgan fingerprint density at radius 2 is 1.83 bits per heavy atom. The van der Waals surface area contributed by atoms with Crippen molar-refractivity contribution in [2.75, 3.05) is 63.9 Å².